The number of likely N-dealkylation sites (N-methyl/N-ethyl adjacent to an activating group) is 1. The van der Waals surface area contributed by atoms with Gasteiger partial charge in [0.2, 0.25) is 53.2 Å². The molecule has 0 spiro atoms. The van der Waals surface area contributed by atoms with E-state index in [0.717, 1.165) is 0 Å². The molecule has 0 aromatic heterocycles. The predicted octanol–water partition coefficient (Wildman–Crippen LogP) is -4.50. The lowest BCUT2D eigenvalue weighted by molar-refractivity contribution is -0.135. The fourth-order valence-corrected chi connectivity index (χ4v) is 6.57. The SMILES string of the molecule is CCNC(=O)[C@H](CC)NC(=O)[C@H](CCN)NC(=O)[C@H](CCN)NC(=O)[C@H](CC(C)C)NC(=O)[C@@H](Cc1ccccc1)NC(=O)[C@H](CCN)NC(=O)CNC(=O)[C@H](CCN)NC(=O)C[C@H](C)O. The average molecular weight is 934 g/mol. The van der Waals surface area contributed by atoms with E-state index >= 15 is 0 Å². The van der Waals surface area contributed by atoms with Crippen LogP contribution in [0.2, 0.25) is 0 Å². The van der Waals surface area contributed by atoms with E-state index < -0.39 is 108 Å². The third kappa shape index (κ3) is 22.4. The van der Waals surface area contributed by atoms with Crippen molar-refractivity contribution in [3.05, 3.63) is 35.9 Å². The highest BCUT2D eigenvalue weighted by atomic mass is 16.3. The summed E-state index contributed by atoms with van der Waals surface area (Å²) in [7, 11) is 0. The van der Waals surface area contributed by atoms with Crippen molar-refractivity contribution in [1.82, 2.24) is 47.9 Å². The second-order valence-electron chi connectivity index (χ2n) is 16.2. The molecule has 0 heterocycles. The summed E-state index contributed by atoms with van der Waals surface area (Å²) >= 11 is 0. The van der Waals surface area contributed by atoms with Gasteiger partial charge in [0, 0.05) is 13.0 Å². The maximum Gasteiger partial charge on any atom is 0.243 e. The minimum absolute atomic E-state index is 0.00968. The first kappa shape index (κ1) is 58.3. The van der Waals surface area contributed by atoms with E-state index in [1.165, 1.54) is 6.92 Å². The Labute approximate surface area is 386 Å². The van der Waals surface area contributed by atoms with Crippen LogP contribution >= 0.6 is 0 Å². The van der Waals surface area contributed by atoms with Gasteiger partial charge in [-0.2, -0.15) is 0 Å². The zero-order valence-electron chi connectivity index (χ0n) is 38.9. The molecule has 18 N–H and O–H groups in total. The third-order valence-corrected chi connectivity index (χ3v) is 9.94. The number of aliphatic hydroxyl groups excluding tert-OH is 1. The second-order valence-corrected chi connectivity index (χ2v) is 16.2. The standard InChI is InChI=1S/C43H75N13O10/c1-6-28(37(60)48-7-2)52-40(63)31(15-19-46)53-41(64)32(16-20-47)54-42(65)33(21-25(3)4)55-43(66)34(23-27-11-9-8-10-12-27)56-39(62)30(14-18-45)51-36(59)24-49-38(61)29(13-17-44)50-35(58)22-26(5)57/h8-12,25-26,28-34,57H,6-7,13-24,44-47H2,1-5H3,(H,48,60)(H,49,61)(H,50,58)(H,51,59)(H,52,63)(H,53,64)(H,54,65)(H,55,66)(H,56,62)/t26-,28-,29-,30-,31-,32-,33-,34+/m0/s1. The fraction of sp³-hybridized carbons (Fsp3) is 0.651. The van der Waals surface area contributed by atoms with E-state index in [4.69, 9.17) is 22.9 Å². The average Bonchev–Trinajstić information content (AvgIpc) is 3.26. The third-order valence-electron chi connectivity index (χ3n) is 9.94. The highest BCUT2D eigenvalue weighted by Gasteiger charge is 2.33. The second kappa shape index (κ2) is 32.0. The number of aliphatic hydroxyl groups is 1. The van der Waals surface area contributed by atoms with E-state index in [-0.39, 0.29) is 83.5 Å². The number of benzene rings is 1. The van der Waals surface area contributed by atoms with Crippen molar-refractivity contribution >= 4 is 53.2 Å². The molecule has 372 valence electrons. The number of hydrogen-bond acceptors (Lipinski definition) is 14. The lowest BCUT2D eigenvalue weighted by atomic mass is 10.00. The Balaban J connectivity index is 3.28. The van der Waals surface area contributed by atoms with Crippen LogP contribution in [-0.4, -0.2) is 146 Å². The molecular weight excluding hydrogens is 859 g/mol. The summed E-state index contributed by atoms with van der Waals surface area (Å²) in [6, 6.07) is 0.540. The van der Waals surface area contributed by atoms with Crippen molar-refractivity contribution in [1.29, 1.82) is 0 Å². The normalized spacial score (nSPS) is 14.7. The molecule has 23 heteroatoms. The molecule has 0 fully saturated rings. The smallest absolute Gasteiger partial charge is 0.243 e. The summed E-state index contributed by atoms with van der Waals surface area (Å²) in [6.07, 6.45) is -0.918. The summed E-state index contributed by atoms with van der Waals surface area (Å²) in [5, 5.41) is 32.8. The fourth-order valence-electron chi connectivity index (χ4n) is 6.57. The van der Waals surface area contributed by atoms with Crippen LogP contribution in [0.15, 0.2) is 30.3 Å². The van der Waals surface area contributed by atoms with Crippen molar-refractivity contribution in [3.63, 3.8) is 0 Å². The van der Waals surface area contributed by atoms with Gasteiger partial charge in [-0.15, -0.1) is 0 Å². The first-order valence-corrected chi connectivity index (χ1v) is 22.5. The largest absolute Gasteiger partial charge is 0.393 e. The quantitative estimate of drug-likeness (QED) is 0.0324. The molecule has 1 rings (SSSR count). The molecular formula is C43H75N13O10. The number of nitrogens with one attached hydrogen (secondary N) is 9. The number of amides is 9. The Hall–Kier alpha value is -5.75. The van der Waals surface area contributed by atoms with Crippen LogP contribution in [0.5, 0.6) is 0 Å². The van der Waals surface area contributed by atoms with E-state index in [9.17, 15) is 48.3 Å². The Bertz CT molecular complexity index is 1720. The van der Waals surface area contributed by atoms with Gasteiger partial charge in [-0.1, -0.05) is 51.1 Å². The zero-order valence-corrected chi connectivity index (χ0v) is 38.9. The Kier molecular flexibility index (Phi) is 28.3. The predicted molar refractivity (Wildman–Crippen MR) is 246 cm³/mol. The Morgan fingerprint density at radius 1 is 0.500 bits per heavy atom. The highest BCUT2D eigenvalue weighted by Crippen LogP contribution is 2.10. The van der Waals surface area contributed by atoms with Gasteiger partial charge in [0.05, 0.1) is 19.1 Å². The molecule has 0 radical (unpaired) electrons. The molecule has 0 aliphatic carbocycles. The van der Waals surface area contributed by atoms with E-state index in [0.29, 0.717) is 12.1 Å². The van der Waals surface area contributed by atoms with Crippen LogP contribution in [0.4, 0.5) is 0 Å². The first-order valence-electron chi connectivity index (χ1n) is 22.5. The first-order chi connectivity index (χ1) is 31.3. The summed E-state index contributed by atoms with van der Waals surface area (Å²) in [5.41, 5.74) is 23.6. The van der Waals surface area contributed by atoms with E-state index in [1.54, 1.807) is 44.2 Å². The Morgan fingerprint density at radius 3 is 1.35 bits per heavy atom. The number of rotatable bonds is 32. The van der Waals surface area contributed by atoms with E-state index in [2.05, 4.69) is 47.9 Å². The topological polar surface area (TPSA) is 386 Å². The van der Waals surface area contributed by atoms with Gasteiger partial charge in [-0.25, -0.2) is 0 Å². The highest BCUT2D eigenvalue weighted by molar-refractivity contribution is 5.97. The summed E-state index contributed by atoms with van der Waals surface area (Å²) in [5.74, 6) is -6.35. The lowest BCUT2D eigenvalue weighted by Crippen LogP contribution is -2.60. The minimum atomic E-state index is -1.30. The van der Waals surface area contributed by atoms with Crippen LogP contribution in [0, 0.1) is 5.92 Å². The Morgan fingerprint density at radius 2 is 0.894 bits per heavy atom. The molecule has 0 unspecified atom stereocenters. The van der Waals surface area contributed by atoms with Crippen molar-refractivity contribution in [2.45, 2.75) is 134 Å². The molecule has 0 bridgehead atoms. The van der Waals surface area contributed by atoms with Crippen molar-refractivity contribution in [2.75, 3.05) is 39.3 Å². The van der Waals surface area contributed by atoms with Crippen molar-refractivity contribution < 1.29 is 48.3 Å². The van der Waals surface area contributed by atoms with Gasteiger partial charge in [-0.3, -0.25) is 43.2 Å². The van der Waals surface area contributed by atoms with E-state index in [1.807, 2.05) is 13.8 Å². The van der Waals surface area contributed by atoms with Gasteiger partial charge < -0.3 is 75.9 Å². The number of hydrogen-bond donors (Lipinski definition) is 14. The monoisotopic (exact) mass is 934 g/mol. The molecule has 66 heavy (non-hydrogen) atoms. The maximum atomic E-state index is 14.1. The summed E-state index contributed by atoms with van der Waals surface area (Å²) in [4.78, 5) is 119. The maximum absolute atomic E-state index is 14.1. The molecule has 1 aromatic carbocycles. The summed E-state index contributed by atoms with van der Waals surface area (Å²) in [6.45, 7) is 8.19. The molecule has 1 aromatic rings. The van der Waals surface area contributed by atoms with Crippen LogP contribution in [0.1, 0.15) is 85.1 Å². The van der Waals surface area contributed by atoms with Crippen LogP contribution < -0.4 is 70.8 Å². The van der Waals surface area contributed by atoms with Gasteiger partial charge in [0.25, 0.3) is 0 Å². The molecule has 0 saturated carbocycles. The lowest BCUT2D eigenvalue weighted by Gasteiger charge is -2.28. The number of carbonyl (C=O) groups excluding carboxylic acids is 9. The molecule has 8 atom stereocenters. The van der Waals surface area contributed by atoms with Crippen LogP contribution in [0.3, 0.4) is 0 Å². The minimum Gasteiger partial charge on any atom is -0.393 e. The van der Waals surface area contributed by atoms with Gasteiger partial charge >= 0.3 is 0 Å². The molecule has 0 aliphatic heterocycles. The zero-order chi connectivity index (χ0) is 49.8. The molecule has 23 nitrogen and oxygen atoms in total. The van der Waals surface area contributed by atoms with Gasteiger partial charge in [0.15, 0.2) is 0 Å². The molecule has 9 amide bonds. The van der Waals surface area contributed by atoms with Crippen LogP contribution in [-0.2, 0) is 49.6 Å². The van der Waals surface area contributed by atoms with Gasteiger partial charge in [0.1, 0.15) is 42.3 Å². The van der Waals surface area contributed by atoms with Crippen molar-refractivity contribution in [3.8, 4) is 0 Å². The molecule has 0 aliphatic rings. The summed E-state index contributed by atoms with van der Waals surface area (Å²) < 4.78 is 0. The number of carbonyl (C=O) groups is 9. The van der Waals surface area contributed by atoms with Crippen molar-refractivity contribution in [2.24, 2.45) is 28.9 Å². The van der Waals surface area contributed by atoms with Gasteiger partial charge in [-0.05, 0) is 90.0 Å². The number of nitrogens with two attached hydrogens (primary N) is 4. The molecule has 0 saturated heterocycles. The van der Waals surface area contributed by atoms with Crippen LogP contribution in [0.25, 0.3) is 0 Å².